The van der Waals surface area contributed by atoms with Crippen LogP contribution < -0.4 is 4.90 Å². The van der Waals surface area contributed by atoms with Gasteiger partial charge in [-0.3, -0.25) is 0 Å². The number of hydrogen-bond donors (Lipinski definition) is 0. The fourth-order valence-corrected chi connectivity index (χ4v) is 2.37. The maximum absolute atomic E-state index is 4.62. The Labute approximate surface area is 123 Å². The Bertz CT molecular complexity index is 620. The second-order valence-corrected chi connectivity index (χ2v) is 5.80. The minimum atomic E-state index is 0.965. The van der Waals surface area contributed by atoms with Crippen molar-refractivity contribution in [3.63, 3.8) is 0 Å². The third kappa shape index (κ3) is 2.66. The van der Waals surface area contributed by atoms with Gasteiger partial charge in [-0.1, -0.05) is 6.07 Å². The molecule has 0 saturated heterocycles. The average molecular weight is 319 g/mol. The van der Waals surface area contributed by atoms with Crippen LogP contribution in [0.3, 0.4) is 0 Å². The molecular formula is C16H19BrN2. The molecule has 19 heavy (non-hydrogen) atoms. The van der Waals surface area contributed by atoms with Gasteiger partial charge >= 0.3 is 0 Å². The van der Waals surface area contributed by atoms with Crippen LogP contribution in [0.2, 0.25) is 0 Å². The summed E-state index contributed by atoms with van der Waals surface area (Å²) >= 11 is 3.49. The van der Waals surface area contributed by atoms with Crippen LogP contribution in [0.4, 0.5) is 11.5 Å². The van der Waals surface area contributed by atoms with Gasteiger partial charge in [-0.15, -0.1) is 0 Å². The highest BCUT2D eigenvalue weighted by atomic mass is 79.9. The monoisotopic (exact) mass is 318 g/mol. The van der Waals surface area contributed by atoms with Crippen LogP contribution in [0.15, 0.2) is 28.7 Å². The molecule has 1 heterocycles. The molecule has 2 aromatic rings. The largest absolute Gasteiger partial charge is 0.329 e. The van der Waals surface area contributed by atoms with Crippen LogP contribution >= 0.6 is 15.9 Å². The van der Waals surface area contributed by atoms with Gasteiger partial charge in [0.05, 0.1) is 5.69 Å². The third-order valence-corrected chi connectivity index (χ3v) is 4.58. The molecule has 0 aliphatic rings. The van der Waals surface area contributed by atoms with E-state index in [0.717, 1.165) is 16.0 Å². The number of hydrogen-bond acceptors (Lipinski definition) is 2. The van der Waals surface area contributed by atoms with E-state index in [2.05, 4.69) is 65.8 Å². The highest BCUT2D eigenvalue weighted by molar-refractivity contribution is 9.10. The lowest BCUT2D eigenvalue weighted by Crippen LogP contribution is -2.13. The fourth-order valence-electron chi connectivity index (χ4n) is 2.15. The minimum absolute atomic E-state index is 0.965. The summed E-state index contributed by atoms with van der Waals surface area (Å²) in [5.41, 5.74) is 6.20. The predicted octanol–water partition coefficient (Wildman–Crippen LogP) is 4.85. The first-order chi connectivity index (χ1) is 8.91. The zero-order valence-electron chi connectivity index (χ0n) is 12.1. The molecule has 2 nitrogen and oxygen atoms in total. The molecule has 0 aliphatic heterocycles. The molecule has 2 rings (SSSR count). The van der Waals surface area contributed by atoms with Crippen LogP contribution in [0.1, 0.15) is 22.4 Å². The van der Waals surface area contributed by atoms with E-state index < -0.39 is 0 Å². The lowest BCUT2D eigenvalue weighted by atomic mass is 10.0. The topological polar surface area (TPSA) is 16.1 Å². The molecule has 100 valence electrons. The Kier molecular flexibility index (Phi) is 3.95. The van der Waals surface area contributed by atoms with Gasteiger partial charge in [0.25, 0.3) is 0 Å². The number of anilines is 2. The number of aromatic nitrogens is 1. The van der Waals surface area contributed by atoms with E-state index in [1.807, 2.05) is 19.1 Å². The van der Waals surface area contributed by atoms with Crippen molar-refractivity contribution in [2.75, 3.05) is 11.9 Å². The number of halogens is 1. The Hall–Kier alpha value is -1.35. The Balaban J connectivity index is 2.47. The summed E-state index contributed by atoms with van der Waals surface area (Å²) in [4.78, 5) is 6.76. The Morgan fingerprint density at radius 1 is 0.947 bits per heavy atom. The van der Waals surface area contributed by atoms with Crippen molar-refractivity contribution in [1.29, 1.82) is 0 Å². The van der Waals surface area contributed by atoms with Crippen LogP contribution in [-0.4, -0.2) is 12.0 Å². The summed E-state index contributed by atoms with van der Waals surface area (Å²) < 4.78 is 1.04. The van der Waals surface area contributed by atoms with Crippen molar-refractivity contribution >= 4 is 27.4 Å². The molecule has 0 amide bonds. The Morgan fingerprint density at radius 3 is 2.26 bits per heavy atom. The van der Waals surface area contributed by atoms with Gasteiger partial charge in [0.1, 0.15) is 5.82 Å². The van der Waals surface area contributed by atoms with Crippen molar-refractivity contribution in [2.45, 2.75) is 27.7 Å². The number of aryl methyl sites for hydroxylation is 2. The SMILES string of the molecule is Cc1ccc(N(C)c2ccc(Br)c(C)n2)c(C)c1C. The molecule has 0 fully saturated rings. The number of pyridine rings is 1. The van der Waals surface area contributed by atoms with Crippen molar-refractivity contribution in [1.82, 2.24) is 4.98 Å². The first-order valence-electron chi connectivity index (χ1n) is 6.35. The predicted molar refractivity (Wildman–Crippen MR) is 85.4 cm³/mol. The molecule has 0 N–H and O–H groups in total. The van der Waals surface area contributed by atoms with E-state index in [9.17, 15) is 0 Å². The first-order valence-corrected chi connectivity index (χ1v) is 7.14. The molecule has 0 bridgehead atoms. The second kappa shape index (κ2) is 5.33. The highest BCUT2D eigenvalue weighted by Gasteiger charge is 2.11. The van der Waals surface area contributed by atoms with Crippen LogP contribution in [0, 0.1) is 27.7 Å². The lowest BCUT2D eigenvalue weighted by Gasteiger charge is -2.23. The Morgan fingerprint density at radius 2 is 1.63 bits per heavy atom. The second-order valence-electron chi connectivity index (χ2n) is 4.95. The smallest absolute Gasteiger partial charge is 0.133 e. The summed E-state index contributed by atoms with van der Waals surface area (Å²) in [6.07, 6.45) is 0. The molecule has 0 spiro atoms. The van der Waals surface area contributed by atoms with Gasteiger partial charge in [0.15, 0.2) is 0 Å². The molecule has 0 unspecified atom stereocenters. The minimum Gasteiger partial charge on any atom is -0.329 e. The van der Waals surface area contributed by atoms with Gasteiger partial charge in [-0.2, -0.15) is 0 Å². The maximum atomic E-state index is 4.62. The third-order valence-electron chi connectivity index (χ3n) is 3.74. The van der Waals surface area contributed by atoms with E-state index in [1.165, 1.54) is 22.4 Å². The molecule has 1 aromatic carbocycles. The van der Waals surface area contributed by atoms with E-state index in [-0.39, 0.29) is 0 Å². The summed E-state index contributed by atoms with van der Waals surface area (Å²) in [7, 11) is 2.06. The van der Waals surface area contributed by atoms with Crippen molar-refractivity contribution < 1.29 is 0 Å². The zero-order valence-corrected chi connectivity index (χ0v) is 13.7. The normalized spacial score (nSPS) is 10.6. The molecule has 0 radical (unpaired) electrons. The van der Waals surface area contributed by atoms with Crippen LogP contribution in [0.25, 0.3) is 0 Å². The quantitative estimate of drug-likeness (QED) is 0.787. The summed E-state index contributed by atoms with van der Waals surface area (Å²) in [5, 5.41) is 0. The zero-order chi connectivity index (χ0) is 14.2. The number of rotatable bonds is 2. The fraction of sp³-hybridized carbons (Fsp3) is 0.312. The molecule has 1 aromatic heterocycles. The standard InChI is InChI=1S/C16H19BrN2/c1-10-6-8-15(12(3)11(10)2)19(5)16-9-7-14(17)13(4)18-16/h6-9H,1-5H3. The van der Waals surface area contributed by atoms with E-state index in [0.29, 0.717) is 0 Å². The van der Waals surface area contributed by atoms with Gasteiger partial charge in [0.2, 0.25) is 0 Å². The van der Waals surface area contributed by atoms with Crippen LogP contribution in [-0.2, 0) is 0 Å². The van der Waals surface area contributed by atoms with Crippen molar-refractivity contribution in [3.05, 3.63) is 51.1 Å². The van der Waals surface area contributed by atoms with Crippen molar-refractivity contribution in [2.24, 2.45) is 0 Å². The van der Waals surface area contributed by atoms with E-state index in [4.69, 9.17) is 0 Å². The summed E-state index contributed by atoms with van der Waals surface area (Å²) in [5.74, 6) is 0.965. The van der Waals surface area contributed by atoms with Gasteiger partial charge in [-0.25, -0.2) is 4.98 Å². The van der Waals surface area contributed by atoms with E-state index in [1.54, 1.807) is 0 Å². The average Bonchev–Trinajstić information content (AvgIpc) is 2.39. The van der Waals surface area contributed by atoms with Gasteiger partial charge in [-0.05, 0) is 78.5 Å². The van der Waals surface area contributed by atoms with Crippen LogP contribution in [0.5, 0.6) is 0 Å². The van der Waals surface area contributed by atoms with Crippen molar-refractivity contribution in [3.8, 4) is 0 Å². The van der Waals surface area contributed by atoms with Gasteiger partial charge < -0.3 is 4.90 Å². The maximum Gasteiger partial charge on any atom is 0.133 e. The number of nitrogens with zero attached hydrogens (tertiary/aromatic N) is 2. The van der Waals surface area contributed by atoms with E-state index >= 15 is 0 Å². The summed E-state index contributed by atoms with van der Waals surface area (Å²) in [6, 6.07) is 8.41. The summed E-state index contributed by atoms with van der Waals surface area (Å²) in [6.45, 7) is 8.49. The molecule has 0 atom stereocenters. The molecule has 3 heteroatoms. The first kappa shape index (κ1) is 14.1. The molecular weight excluding hydrogens is 300 g/mol. The molecule has 0 saturated carbocycles. The highest BCUT2D eigenvalue weighted by Crippen LogP contribution is 2.29. The number of benzene rings is 1. The molecule has 0 aliphatic carbocycles. The lowest BCUT2D eigenvalue weighted by molar-refractivity contribution is 1.07. The van der Waals surface area contributed by atoms with Gasteiger partial charge in [0, 0.05) is 17.2 Å².